The van der Waals surface area contributed by atoms with Crippen molar-refractivity contribution in [3.63, 3.8) is 0 Å². The smallest absolute Gasteiger partial charge is 0.307 e. The molecule has 2 bridgehead atoms. The molecule has 3 aliphatic rings. The van der Waals surface area contributed by atoms with E-state index in [0.717, 1.165) is 25.2 Å². The zero-order valence-corrected chi connectivity index (χ0v) is 14.2. The minimum atomic E-state index is -0.261. The predicted molar refractivity (Wildman–Crippen MR) is 93.3 cm³/mol. The number of para-hydroxylation sites is 1. The zero-order valence-electron chi connectivity index (χ0n) is 14.2. The molecule has 4 atom stereocenters. The fraction of sp³-hybridized carbons (Fsp3) is 0.579. The topological polar surface area (TPSA) is 58.1 Å². The summed E-state index contributed by atoms with van der Waals surface area (Å²) in [5.74, 6) is 0.744. The summed E-state index contributed by atoms with van der Waals surface area (Å²) >= 11 is 0. The van der Waals surface area contributed by atoms with Gasteiger partial charge in [0.25, 0.3) is 5.56 Å². The minimum absolute atomic E-state index is 0.00245. The van der Waals surface area contributed by atoms with Crippen molar-refractivity contribution >= 4 is 10.9 Å². The van der Waals surface area contributed by atoms with Crippen molar-refractivity contribution in [2.24, 2.45) is 5.92 Å². The zero-order chi connectivity index (χ0) is 16.7. The number of piperidine rings is 2. The molecule has 5 heteroatoms. The molecule has 1 aliphatic carbocycles. The van der Waals surface area contributed by atoms with Gasteiger partial charge in [-0.2, -0.15) is 0 Å². The molecule has 1 N–H and O–H groups in total. The Labute approximate surface area is 140 Å². The summed E-state index contributed by atoms with van der Waals surface area (Å²) in [7, 11) is 2.24. The van der Waals surface area contributed by atoms with Crippen molar-refractivity contribution in [3.05, 3.63) is 45.1 Å². The normalized spacial score (nSPS) is 38.1. The molecule has 3 fully saturated rings. The largest absolute Gasteiger partial charge is 0.329 e. The Morgan fingerprint density at radius 3 is 2.79 bits per heavy atom. The van der Waals surface area contributed by atoms with Gasteiger partial charge in [0.1, 0.15) is 0 Å². The summed E-state index contributed by atoms with van der Waals surface area (Å²) in [6.45, 7) is 2.30. The number of benzene rings is 1. The van der Waals surface area contributed by atoms with Crippen LogP contribution in [0.3, 0.4) is 0 Å². The van der Waals surface area contributed by atoms with Crippen molar-refractivity contribution in [1.82, 2.24) is 14.5 Å². The standard InChI is InChI=1S/C19H23N3O2/c1-18-8-7-12-9-19(12,21(18)2)11-13(10-18)22-16(23)14-5-3-4-6-15(14)20-17(22)24/h3-6,12-13H,7-11H2,1-2H3,(H,20,24)/t12?,13?,18?,19-/m0/s1. The Bertz CT molecular complexity index is 953. The van der Waals surface area contributed by atoms with E-state index in [-0.39, 0.29) is 28.4 Å². The van der Waals surface area contributed by atoms with Crippen LogP contribution in [0, 0.1) is 5.92 Å². The second-order valence-electron chi connectivity index (χ2n) is 8.31. The van der Waals surface area contributed by atoms with E-state index in [1.165, 1.54) is 17.4 Å². The average Bonchev–Trinajstić information content (AvgIpc) is 3.23. The maximum absolute atomic E-state index is 13.0. The maximum Gasteiger partial charge on any atom is 0.329 e. The molecular formula is C19H23N3O2. The number of H-pyrrole nitrogens is 1. The third-order valence-electron chi connectivity index (χ3n) is 7.18. The van der Waals surface area contributed by atoms with E-state index in [1.807, 2.05) is 12.1 Å². The molecule has 5 rings (SSSR count). The van der Waals surface area contributed by atoms with Gasteiger partial charge in [0.2, 0.25) is 0 Å². The SMILES string of the molecule is CN1C2(C)CCC3C[C@]31CC(n1c(=O)[nH]c3ccccc3c1=O)C2. The molecule has 24 heavy (non-hydrogen) atoms. The van der Waals surface area contributed by atoms with E-state index in [9.17, 15) is 9.59 Å². The monoisotopic (exact) mass is 325 g/mol. The summed E-state index contributed by atoms with van der Waals surface area (Å²) in [4.78, 5) is 31.1. The molecule has 3 unspecified atom stereocenters. The summed E-state index contributed by atoms with van der Waals surface area (Å²) in [5, 5.41) is 0.608. The highest BCUT2D eigenvalue weighted by atomic mass is 16.2. The molecule has 126 valence electrons. The first-order valence-corrected chi connectivity index (χ1v) is 8.92. The Kier molecular flexibility index (Phi) is 2.65. The molecular weight excluding hydrogens is 302 g/mol. The van der Waals surface area contributed by atoms with Gasteiger partial charge < -0.3 is 4.98 Å². The van der Waals surface area contributed by atoms with Crippen LogP contribution in [-0.2, 0) is 0 Å². The van der Waals surface area contributed by atoms with Crippen LogP contribution in [0.4, 0.5) is 0 Å². The van der Waals surface area contributed by atoms with Gasteiger partial charge in [-0.05, 0) is 64.1 Å². The lowest BCUT2D eigenvalue weighted by molar-refractivity contribution is -0.0416. The number of hydrogen-bond acceptors (Lipinski definition) is 3. The predicted octanol–water partition coefficient (Wildman–Crippen LogP) is 2.27. The van der Waals surface area contributed by atoms with Crippen LogP contribution < -0.4 is 11.2 Å². The highest BCUT2D eigenvalue weighted by molar-refractivity contribution is 5.76. The van der Waals surface area contributed by atoms with E-state index in [2.05, 4.69) is 23.9 Å². The maximum atomic E-state index is 13.0. The van der Waals surface area contributed by atoms with Gasteiger partial charge in [-0.25, -0.2) is 4.79 Å². The van der Waals surface area contributed by atoms with Crippen molar-refractivity contribution in [2.75, 3.05) is 7.05 Å². The van der Waals surface area contributed by atoms with Crippen LogP contribution in [0.1, 0.15) is 45.1 Å². The third kappa shape index (κ3) is 1.68. The van der Waals surface area contributed by atoms with Gasteiger partial charge in [0.05, 0.1) is 10.9 Å². The summed E-state index contributed by atoms with van der Waals surface area (Å²) in [6.07, 6.45) is 5.46. The first-order chi connectivity index (χ1) is 11.4. The second-order valence-corrected chi connectivity index (χ2v) is 8.31. The third-order valence-corrected chi connectivity index (χ3v) is 7.18. The Morgan fingerprint density at radius 2 is 1.96 bits per heavy atom. The van der Waals surface area contributed by atoms with Crippen LogP contribution in [0.2, 0.25) is 0 Å². The van der Waals surface area contributed by atoms with E-state index in [0.29, 0.717) is 10.9 Å². The lowest BCUT2D eigenvalue weighted by Crippen LogP contribution is -2.61. The number of rotatable bonds is 1. The van der Waals surface area contributed by atoms with Crippen molar-refractivity contribution in [2.45, 2.75) is 56.1 Å². The minimum Gasteiger partial charge on any atom is -0.307 e. The second kappa shape index (κ2) is 4.39. The molecule has 2 aromatic rings. The molecule has 0 amide bonds. The fourth-order valence-electron chi connectivity index (χ4n) is 5.64. The molecule has 0 radical (unpaired) electrons. The van der Waals surface area contributed by atoms with Gasteiger partial charge >= 0.3 is 5.69 Å². The van der Waals surface area contributed by atoms with Crippen molar-refractivity contribution < 1.29 is 0 Å². The molecule has 5 nitrogen and oxygen atoms in total. The summed E-state index contributed by atoms with van der Waals surface area (Å²) in [5.41, 5.74) is 0.536. The quantitative estimate of drug-likeness (QED) is 0.875. The van der Waals surface area contributed by atoms with Crippen LogP contribution in [-0.4, -0.2) is 32.6 Å². The highest BCUT2D eigenvalue weighted by Crippen LogP contribution is 2.65. The number of aromatic nitrogens is 2. The number of fused-ring (bicyclic) bond motifs is 2. The van der Waals surface area contributed by atoms with Crippen molar-refractivity contribution in [1.29, 1.82) is 0 Å². The van der Waals surface area contributed by atoms with Gasteiger partial charge in [-0.15, -0.1) is 0 Å². The molecule has 2 aliphatic heterocycles. The van der Waals surface area contributed by atoms with Gasteiger partial charge in [-0.3, -0.25) is 14.3 Å². The molecule has 1 saturated carbocycles. The van der Waals surface area contributed by atoms with Gasteiger partial charge in [-0.1, -0.05) is 12.1 Å². The van der Waals surface area contributed by atoms with Crippen LogP contribution in [0.25, 0.3) is 10.9 Å². The molecule has 1 aromatic carbocycles. The van der Waals surface area contributed by atoms with E-state index in [1.54, 1.807) is 12.1 Å². The van der Waals surface area contributed by atoms with Gasteiger partial charge in [0, 0.05) is 17.1 Å². The Hall–Kier alpha value is -1.88. The van der Waals surface area contributed by atoms with Crippen molar-refractivity contribution in [3.8, 4) is 0 Å². The Balaban J connectivity index is 1.67. The fourth-order valence-corrected chi connectivity index (χ4v) is 5.64. The lowest BCUT2D eigenvalue weighted by atomic mass is 9.73. The number of nitrogens with one attached hydrogen (secondary N) is 1. The van der Waals surface area contributed by atoms with E-state index in [4.69, 9.17) is 0 Å². The number of nitrogens with zero attached hydrogens (tertiary/aromatic N) is 2. The van der Waals surface area contributed by atoms with Gasteiger partial charge in [0.15, 0.2) is 0 Å². The molecule has 3 heterocycles. The summed E-state index contributed by atoms with van der Waals surface area (Å²) < 4.78 is 1.51. The van der Waals surface area contributed by atoms with E-state index >= 15 is 0 Å². The van der Waals surface area contributed by atoms with Crippen LogP contribution in [0.15, 0.2) is 33.9 Å². The first-order valence-electron chi connectivity index (χ1n) is 8.92. The number of aromatic amines is 1. The molecule has 2 saturated heterocycles. The lowest BCUT2D eigenvalue weighted by Gasteiger charge is -2.54. The Morgan fingerprint density at radius 1 is 1.17 bits per heavy atom. The molecule has 1 spiro atoms. The highest BCUT2D eigenvalue weighted by Gasteiger charge is 2.66. The van der Waals surface area contributed by atoms with Crippen LogP contribution in [0.5, 0.6) is 0 Å². The number of hydrogen-bond donors (Lipinski definition) is 1. The average molecular weight is 325 g/mol. The molecule has 1 aromatic heterocycles. The van der Waals surface area contributed by atoms with E-state index < -0.39 is 0 Å². The first kappa shape index (κ1) is 14.5. The summed E-state index contributed by atoms with van der Waals surface area (Å²) in [6, 6.07) is 7.30. The van der Waals surface area contributed by atoms with Crippen LogP contribution >= 0.6 is 0 Å².